The van der Waals surface area contributed by atoms with Crippen LogP contribution < -0.4 is 0 Å². The molecule has 0 spiro atoms. The normalized spacial score (nSPS) is 13.3. The minimum atomic E-state index is -0.212. The Morgan fingerprint density at radius 2 is 1.29 bits per heavy atom. The Bertz CT molecular complexity index is 1660. The molecule has 52 heavy (non-hydrogen) atoms. The minimum absolute atomic E-state index is 0.0509. The average molecular weight is 705 g/mol. The number of pyridine rings is 1. The monoisotopic (exact) mass is 705 g/mol. The number of hydrogen-bond acceptors (Lipinski definition) is 6. The summed E-state index contributed by atoms with van der Waals surface area (Å²) in [6, 6.07) is 20.6. The molecule has 0 saturated heterocycles. The maximum Gasteiger partial charge on any atom is 0.164 e. The predicted molar refractivity (Wildman–Crippen MR) is 216 cm³/mol. The van der Waals surface area contributed by atoms with Gasteiger partial charge in [0.1, 0.15) is 11.6 Å². The molecule has 4 aromatic rings. The fourth-order valence-corrected chi connectivity index (χ4v) is 7.79. The van der Waals surface area contributed by atoms with Crippen LogP contribution in [0.1, 0.15) is 147 Å². The van der Waals surface area contributed by atoms with Crippen molar-refractivity contribution in [1.29, 1.82) is 0 Å². The number of benzene rings is 2. The molecule has 0 N–H and O–H groups in total. The highest BCUT2D eigenvalue weighted by molar-refractivity contribution is 5.83. The molecule has 2 heterocycles. The molecule has 0 amide bonds. The minimum Gasteiger partial charge on any atom is -0.382 e. The molecule has 0 radical (unpaired) electrons. The van der Waals surface area contributed by atoms with Gasteiger partial charge in [-0.3, -0.25) is 4.98 Å². The topological polar surface area (TPSA) is 70.0 Å². The van der Waals surface area contributed by atoms with Crippen molar-refractivity contribution in [2.75, 3.05) is 26.9 Å². The van der Waals surface area contributed by atoms with Gasteiger partial charge in [0.15, 0.2) is 5.82 Å². The molecule has 6 heteroatoms. The summed E-state index contributed by atoms with van der Waals surface area (Å²) < 4.78 is 10.8. The van der Waals surface area contributed by atoms with Crippen molar-refractivity contribution in [3.8, 4) is 33.8 Å². The van der Waals surface area contributed by atoms with Gasteiger partial charge in [0.05, 0.1) is 25.5 Å². The molecule has 0 fully saturated rings. The van der Waals surface area contributed by atoms with Crippen LogP contribution in [0.5, 0.6) is 0 Å². The Morgan fingerprint density at radius 1 is 0.635 bits per heavy atom. The molecule has 6 nitrogen and oxygen atoms in total. The number of fused-ring (bicyclic) bond motifs is 3. The molecule has 0 bridgehead atoms. The zero-order chi connectivity index (χ0) is 36.8. The van der Waals surface area contributed by atoms with E-state index in [2.05, 4.69) is 89.2 Å². The van der Waals surface area contributed by atoms with E-state index < -0.39 is 0 Å². The lowest BCUT2D eigenvalue weighted by Crippen LogP contribution is -2.25. The van der Waals surface area contributed by atoms with Crippen LogP contribution in [-0.2, 0) is 26.7 Å². The van der Waals surface area contributed by atoms with Gasteiger partial charge in [0.2, 0.25) is 0 Å². The smallest absolute Gasteiger partial charge is 0.164 e. The quantitative estimate of drug-likeness (QED) is 0.0759. The van der Waals surface area contributed by atoms with E-state index in [4.69, 9.17) is 29.4 Å². The summed E-state index contributed by atoms with van der Waals surface area (Å²) in [6.45, 7) is 12.7. The third kappa shape index (κ3) is 10.1. The number of hydrogen-bond donors (Lipinski definition) is 0. The maximum atomic E-state index is 5.73. The van der Waals surface area contributed by atoms with Gasteiger partial charge in [-0.15, -0.1) is 0 Å². The second-order valence-corrected chi connectivity index (χ2v) is 15.9. The van der Waals surface area contributed by atoms with E-state index in [1.165, 1.54) is 118 Å². The molecule has 5 rings (SSSR count). The third-order valence-electron chi connectivity index (χ3n) is 10.8. The second-order valence-electron chi connectivity index (χ2n) is 15.9. The van der Waals surface area contributed by atoms with E-state index in [0.29, 0.717) is 32.1 Å². The van der Waals surface area contributed by atoms with Gasteiger partial charge in [0, 0.05) is 41.7 Å². The van der Waals surface area contributed by atoms with E-state index in [0.717, 1.165) is 22.9 Å². The molecule has 1 aliphatic carbocycles. The Balaban J connectivity index is 1.43. The molecule has 0 unspecified atom stereocenters. The molecule has 0 atom stereocenters. The van der Waals surface area contributed by atoms with Crippen LogP contribution in [0.15, 0.2) is 60.8 Å². The van der Waals surface area contributed by atoms with Crippen molar-refractivity contribution in [3.05, 3.63) is 83.6 Å². The zero-order valence-electron chi connectivity index (χ0n) is 33.1. The van der Waals surface area contributed by atoms with Crippen LogP contribution in [0.3, 0.4) is 0 Å². The number of ether oxygens (including phenoxy) is 2. The molecule has 2 aromatic carbocycles. The van der Waals surface area contributed by atoms with Crippen molar-refractivity contribution in [3.63, 3.8) is 0 Å². The predicted octanol–water partition coefficient (Wildman–Crippen LogP) is 11.9. The first-order valence-corrected chi connectivity index (χ1v) is 20.3. The summed E-state index contributed by atoms with van der Waals surface area (Å²) >= 11 is 0. The van der Waals surface area contributed by atoms with E-state index >= 15 is 0 Å². The summed E-state index contributed by atoms with van der Waals surface area (Å²) in [7, 11) is 1.68. The molecule has 280 valence electrons. The third-order valence-corrected chi connectivity index (χ3v) is 10.8. The molecule has 1 aliphatic rings. The van der Waals surface area contributed by atoms with Crippen LogP contribution >= 0.6 is 0 Å². The molecule has 0 saturated carbocycles. The van der Waals surface area contributed by atoms with Gasteiger partial charge in [-0.05, 0) is 53.3 Å². The Morgan fingerprint density at radius 3 is 1.94 bits per heavy atom. The summed E-state index contributed by atoms with van der Waals surface area (Å²) in [4.78, 5) is 19.6. The molecular formula is C46H64N4O2. The number of nitrogens with zero attached hydrogens (tertiary/aromatic N) is 4. The Kier molecular flexibility index (Phi) is 14.9. The van der Waals surface area contributed by atoms with Gasteiger partial charge in [-0.1, -0.05) is 148 Å². The van der Waals surface area contributed by atoms with Crippen molar-refractivity contribution >= 4 is 0 Å². The highest BCUT2D eigenvalue weighted by Crippen LogP contribution is 2.55. The zero-order valence-corrected chi connectivity index (χ0v) is 33.1. The highest BCUT2D eigenvalue weighted by Gasteiger charge is 2.42. The molecule has 0 aliphatic heterocycles. The maximum absolute atomic E-state index is 5.73. The van der Waals surface area contributed by atoms with Crippen molar-refractivity contribution < 1.29 is 9.47 Å². The number of aromatic nitrogens is 4. The van der Waals surface area contributed by atoms with Crippen molar-refractivity contribution in [2.45, 2.75) is 142 Å². The van der Waals surface area contributed by atoms with Crippen LogP contribution in [0.25, 0.3) is 33.8 Å². The van der Waals surface area contributed by atoms with Crippen LogP contribution in [0, 0.1) is 0 Å². The first-order chi connectivity index (χ1) is 25.3. The lowest BCUT2D eigenvalue weighted by Gasteiger charge is -2.33. The van der Waals surface area contributed by atoms with Crippen LogP contribution in [-0.4, -0.2) is 46.9 Å². The Labute approximate surface area is 314 Å². The number of rotatable bonds is 22. The van der Waals surface area contributed by atoms with Crippen LogP contribution in [0.4, 0.5) is 0 Å². The Hall–Kier alpha value is -3.48. The summed E-state index contributed by atoms with van der Waals surface area (Å²) in [5, 5.41) is 0. The molecule has 2 aromatic heterocycles. The fourth-order valence-electron chi connectivity index (χ4n) is 7.79. The van der Waals surface area contributed by atoms with Gasteiger partial charge < -0.3 is 9.47 Å². The average Bonchev–Trinajstić information content (AvgIpc) is 3.43. The van der Waals surface area contributed by atoms with Gasteiger partial charge >= 0.3 is 0 Å². The van der Waals surface area contributed by atoms with E-state index in [1.807, 2.05) is 6.20 Å². The first kappa shape index (κ1) is 39.7. The van der Waals surface area contributed by atoms with E-state index in [9.17, 15) is 0 Å². The summed E-state index contributed by atoms with van der Waals surface area (Å²) in [6.07, 6.45) is 20.8. The van der Waals surface area contributed by atoms with Gasteiger partial charge in [-0.25, -0.2) is 15.0 Å². The van der Waals surface area contributed by atoms with Gasteiger partial charge in [-0.2, -0.15) is 0 Å². The summed E-state index contributed by atoms with van der Waals surface area (Å²) in [5.41, 5.74) is 8.76. The van der Waals surface area contributed by atoms with Crippen molar-refractivity contribution in [1.82, 2.24) is 19.9 Å². The largest absolute Gasteiger partial charge is 0.382 e. The van der Waals surface area contributed by atoms with Crippen LogP contribution in [0.2, 0.25) is 0 Å². The fraction of sp³-hybridized carbons (Fsp3) is 0.565. The number of unbranched alkanes of at least 4 members (excludes halogenated alkanes) is 10. The lowest BCUT2D eigenvalue weighted by atomic mass is 9.70. The SMILES string of the molecule is CCCCCCCCC1(CCCCCCCC)c2ccccc2-c2ccc(-c3ccc(-c4nc(CCOCCOC)nc(C(C)(C)C)n4)cn3)cc21. The second kappa shape index (κ2) is 19.6. The van der Waals surface area contributed by atoms with E-state index in [1.54, 1.807) is 7.11 Å². The van der Waals surface area contributed by atoms with Gasteiger partial charge in [0.25, 0.3) is 0 Å². The standard InChI is InChI=1S/C46H64N4O2/c1-7-9-11-13-15-19-28-46(29-20-16-14-12-10-8-2)39-22-18-17-21-37(39)38-25-23-35(33-40(38)46)41-26-24-36(34-47-41)43-48-42(27-30-52-32-31-51-6)49-44(50-43)45(3,4)5/h17-18,21-26,33-34H,7-16,19-20,27-32H2,1-6H3. The summed E-state index contributed by atoms with van der Waals surface area (Å²) in [5.74, 6) is 2.17. The number of methoxy groups -OCH3 is 1. The first-order valence-electron chi connectivity index (χ1n) is 20.3. The van der Waals surface area contributed by atoms with E-state index in [-0.39, 0.29) is 10.8 Å². The van der Waals surface area contributed by atoms with Crippen molar-refractivity contribution in [2.24, 2.45) is 0 Å². The highest BCUT2D eigenvalue weighted by atomic mass is 16.5. The lowest BCUT2D eigenvalue weighted by molar-refractivity contribution is 0.0716. The molecular weight excluding hydrogens is 641 g/mol.